The standard InChI is InChI=1S/C27H22FN3O4/c1-15(2)35-19-11-8-17(9-12-19)24(32)22-23(16-6-4-3-5-7-16)31(26(34)25(22)33)27-29-20-13-10-18(28)14-21(20)30-27/h3-15,23,32H,1-2H3,(H,29,30)/b24-22+. The van der Waals surface area contributed by atoms with Gasteiger partial charge >= 0.3 is 5.91 Å². The molecule has 1 aliphatic rings. The second kappa shape index (κ2) is 8.72. The molecule has 0 bridgehead atoms. The summed E-state index contributed by atoms with van der Waals surface area (Å²) in [6.07, 6.45) is -0.0184. The molecule has 1 aliphatic heterocycles. The van der Waals surface area contributed by atoms with Crippen molar-refractivity contribution < 1.29 is 23.8 Å². The zero-order valence-corrected chi connectivity index (χ0v) is 19.0. The van der Waals surface area contributed by atoms with Crippen LogP contribution in [0, 0.1) is 5.82 Å². The van der Waals surface area contributed by atoms with E-state index in [-0.39, 0.29) is 23.4 Å². The summed E-state index contributed by atoms with van der Waals surface area (Å²) in [5, 5.41) is 11.2. The number of ether oxygens (including phenoxy) is 1. The number of carbonyl (C=O) groups is 2. The Morgan fingerprint density at radius 2 is 1.77 bits per heavy atom. The van der Waals surface area contributed by atoms with Crippen LogP contribution in [-0.4, -0.2) is 32.9 Å². The fraction of sp³-hybridized carbons (Fsp3) is 0.148. The Morgan fingerprint density at radius 1 is 1.06 bits per heavy atom. The van der Waals surface area contributed by atoms with Gasteiger partial charge in [0.15, 0.2) is 0 Å². The lowest BCUT2D eigenvalue weighted by Gasteiger charge is -2.23. The normalized spacial score (nSPS) is 17.5. The SMILES string of the molecule is CC(C)Oc1ccc(/C(O)=C2\C(=O)C(=O)N(c3nc4ccc(F)cc4[nH]3)C2c2ccccc2)cc1. The number of aliphatic hydroxyl groups excluding tert-OH is 1. The molecule has 2 heterocycles. The van der Waals surface area contributed by atoms with Crippen LogP contribution in [-0.2, 0) is 9.59 Å². The maximum Gasteiger partial charge on any atom is 0.302 e. The molecule has 2 N–H and O–H groups in total. The molecule has 1 amide bonds. The number of anilines is 1. The quantitative estimate of drug-likeness (QED) is 0.239. The van der Waals surface area contributed by atoms with Crippen molar-refractivity contribution in [2.24, 2.45) is 0 Å². The lowest BCUT2D eigenvalue weighted by molar-refractivity contribution is -0.132. The lowest BCUT2D eigenvalue weighted by Crippen LogP contribution is -2.30. The maximum absolute atomic E-state index is 13.7. The maximum atomic E-state index is 13.7. The minimum atomic E-state index is -0.937. The number of aromatic amines is 1. The van der Waals surface area contributed by atoms with Gasteiger partial charge in [-0.15, -0.1) is 0 Å². The first-order valence-corrected chi connectivity index (χ1v) is 11.1. The number of Topliss-reactive ketones (excluding diaryl/α,β-unsaturated/α-hetero) is 1. The van der Waals surface area contributed by atoms with E-state index in [1.165, 1.54) is 23.1 Å². The largest absolute Gasteiger partial charge is 0.507 e. The van der Waals surface area contributed by atoms with E-state index in [2.05, 4.69) is 9.97 Å². The van der Waals surface area contributed by atoms with Crippen LogP contribution in [0.1, 0.15) is 31.0 Å². The highest BCUT2D eigenvalue weighted by Gasteiger charge is 2.48. The Morgan fingerprint density at radius 3 is 2.46 bits per heavy atom. The Kier molecular flexibility index (Phi) is 5.56. The average Bonchev–Trinajstić information content (AvgIpc) is 3.37. The highest BCUT2D eigenvalue weighted by atomic mass is 19.1. The number of halogens is 1. The van der Waals surface area contributed by atoms with Gasteiger partial charge in [0.2, 0.25) is 5.95 Å². The molecule has 0 saturated carbocycles. The number of nitrogens with zero attached hydrogens (tertiary/aromatic N) is 2. The second-order valence-electron chi connectivity index (χ2n) is 8.49. The minimum Gasteiger partial charge on any atom is -0.507 e. The molecule has 7 nitrogen and oxygen atoms in total. The summed E-state index contributed by atoms with van der Waals surface area (Å²) in [6.45, 7) is 3.81. The van der Waals surface area contributed by atoms with Gasteiger partial charge in [0.1, 0.15) is 17.3 Å². The van der Waals surface area contributed by atoms with Gasteiger partial charge in [-0.1, -0.05) is 30.3 Å². The van der Waals surface area contributed by atoms with Crippen LogP contribution in [0.2, 0.25) is 0 Å². The fourth-order valence-electron chi connectivity index (χ4n) is 4.20. The summed E-state index contributed by atoms with van der Waals surface area (Å²) in [7, 11) is 0. The van der Waals surface area contributed by atoms with Crippen LogP contribution in [0.25, 0.3) is 16.8 Å². The minimum absolute atomic E-state index is 0.0184. The van der Waals surface area contributed by atoms with Gasteiger partial charge in [-0.05, 0) is 61.9 Å². The first-order valence-electron chi connectivity index (χ1n) is 11.1. The number of imidazole rings is 1. The topological polar surface area (TPSA) is 95.5 Å². The van der Waals surface area contributed by atoms with Gasteiger partial charge in [0.25, 0.3) is 5.78 Å². The van der Waals surface area contributed by atoms with Gasteiger partial charge in [-0.2, -0.15) is 0 Å². The molecule has 3 aromatic carbocycles. The molecule has 176 valence electrons. The predicted molar refractivity (Wildman–Crippen MR) is 129 cm³/mol. The van der Waals surface area contributed by atoms with E-state index in [0.29, 0.717) is 27.9 Å². The van der Waals surface area contributed by atoms with Crippen LogP contribution in [0.5, 0.6) is 5.75 Å². The summed E-state index contributed by atoms with van der Waals surface area (Å²) in [5.74, 6) is -1.75. The van der Waals surface area contributed by atoms with E-state index in [1.54, 1.807) is 48.5 Å². The van der Waals surface area contributed by atoms with Crippen molar-refractivity contribution in [2.75, 3.05) is 4.90 Å². The summed E-state index contributed by atoms with van der Waals surface area (Å²) >= 11 is 0. The van der Waals surface area contributed by atoms with Crippen molar-refractivity contribution in [3.63, 3.8) is 0 Å². The molecule has 1 saturated heterocycles. The number of aromatic nitrogens is 2. The number of fused-ring (bicyclic) bond motifs is 1. The summed E-state index contributed by atoms with van der Waals surface area (Å²) in [5.41, 5.74) is 1.74. The number of hydrogen-bond acceptors (Lipinski definition) is 5. The number of nitrogens with one attached hydrogen (secondary N) is 1. The number of amides is 1. The number of rotatable bonds is 5. The third kappa shape index (κ3) is 4.03. The fourth-order valence-corrected chi connectivity index (χ4v) is 4.20. The van der Waals surface area contributed by atoms with Gasteiger partial charge in [-0.3, -0.25) is 14.5 Å². The number of aliphatic hydroxyl groups is 1. The Hall–Kier alpha value is -4.46. The molecule has 0 spiro atoms. The van der Waals surface area contributed by atoms with Gasteiger partial charge in [-0.25, -0.2) is 9.37 Å². The molecule has 35 heavy (non-hydrogen) atoms. The van der Waals surface area contributed by atoms with Crippen LogP contribution in [0.15, 0.2) is 78.4 Å². The van der Waals surface area contributed by atoms with Gasteiger partial charge < -0.3 is 14.8 Å². The third-order valence-corrected chi connectivity index (χ3v) is 5.72. The monoisotopic (exact) mass is 471 g/mol. The van der Waals surface area contributed by atoms with Crippen molar-refractivity contribution >= 4 is 34.4 Å². The Balaban J connectivity index is 1.65. The number of hydrogen-bond donors (Lipinski definition) is 2. The number of benzene rings is 3. The van der Waals surface area contributed by atoms with Crippen molar-refractivity contribution in [1.82, 2.24) is 9.97 Å². The van der Waals surface area contributed by atoms with Crippen LogP contribution >= 0.6 is 0 Å². The van der Waals surface area contributed by atoms with E-state index in [0.717, 1.165) is 0 Å². The molecule has 8 heteroatoms. The van der Waals surface area contributed by atoms with E-state index in [4.69, 9.17) is 4.74 Å². The second-order valence-corrected chi connectivity index (χ2v) is 8.49. The zero-order valence-electron chi connectivity index (χ0n) is 19.0. The number of H-pyrrole nitrogens is 1. The number of carbonyl (C=O) groups excluding carboxylic acids is 2. The molecule has 5 rings (SSSR count). The van der Waals surface area contributed by atoms with Crippen molar-refractivity contribution in [3.05, 3.63) is 95.3 Å². The summed E-state index contributed by atoms with van der Waals surface area (Å²) in [6, 6.07) is 18.6. The Labute approximate surface area is 200 Å². The van der Waals surface area contributed by atoms with Crippen molar-refractivity contribution in [3.8, 4) is 5.75 Å². The van der Waals surface area contributed by atoms with Crippen molar-refractivity contribution in [1.29, 1.82) is 0 Å². The molecule has 1 fully saturated rings. The lowest BCUT2D eigenvalue weighted by atomic mass is 9.95. The molecule has 0 aliphatic carbocycles. The summed E-state index contributed by atoms with van der Waals surface area (Å²) < 4.78 is 19.4. The van der Waals surface area contributed by atoms with Gasteiger partial charge in [0.05, 0.1) is 28.8 Å². The molecular weight excluding hydrogens is 449 g/mol. The summed E-state index contributed by atoms with van der Waals surface area (Å²) in [4.78, 5) is 35.0. The van der Waals surface area contributed by atoms with E-state index in [1.807, 2.05) is 19.9 Å². The predicted octanol–water partition coefficient (Wildman–Crippen LogP) is 5.12. The average molecular weight is 471 g/mol. The van der Waals surface area contributed by atoms with E-state index in [9.17, 15) is 19.1 Å². The highest BCUT2D eigenvalue weighted by Crippen LogP contribution is 2.41. The highest BCUT2D eigenvalue weighted by molar-refractivity contribution is 6.51. The van der Waals surface area contributed by atoms with Crippen LogP contribution in [0.4, 0.5) is 10.3 Å². The van der Waals surface area contributed by atoms with Crippen molar-refractivity contribution in [2.45, 2.75) is 26.0 Å². The molecular formula is C27H22FN3O4. The smallest absolute Gasteiger partial charge is 0.302 e. The first-order chi connectivity index (χ1) is 16.8. The van der Waals surface area contributed by atoms with Crippen LogP contribution < -0.4 is 9.64 Å². The zero-order chi connectivity index (χ0) is 24.7. The first kappa shape index (κ1) is 22.3. The number of ketones is 1. The van der Waals surface area contributed by atoms with Crippen LogP contribution in [0.3, 0.4) is 0 Å². The molecule has 4 aromatic rings. The Bertz CT molecular complexity index is 1460. The third-order valence-electron chi connectivity index (χ3n) is 5.72. The molecule has 1 aromatic heterocycles. The molecule has 0 radical (unpaired) electrons. The molecule has 1 atom stereocenters. The van der Waals surface area contributed by atoms with E-state index < -0.39 is 23.5 Å². The molecule has 1 unspecified atom stereocenters. The van der Waals surface area contributed by atoms with E-state index >= 15 is 0 Å². The van der Waals surface area contributed by atoms with Gasteiger partial charge in [0, 0.05) is 5.56 Å².